The summed E-state index contributed by atoms with van der Waals surface area (Å²) in [6, 6.07) is 5.85. The van der Waals surface area contributed by atoms with Crippen LogP contribution in [0.3, 0.4) is 0 Å². The van der Waals surface area contributed by atoms with Crippen molar-refractivity contribution in [1.82, 2.24) is 4.98 Å². The summed E-state index contributed by atoms with van der Waals surface area (Å²) in [6.45, 7) is 1.80. The summed E-state index contributed by atoms with van der Waals surface area (Å²) in [4.78, 5) is 17.2. The third-order valence-electron chi connectivity index (χ3n) is 4.53. The maximum absolute atomic E-state index is 13.6. The number of nitrogens with one attached hydrogen (secondary N) is 1. The van der Waals surface area contributed by atoms with Gasteiger partial charge in [0.25, 0.3) is 5.91 Å². The Hall–Kier alpha value is -2.13. The summed E-state index contributed by atoms with van der Waals surface area (Å²) in [7, 11) is -3.38. The SMILES string of the molecule is Cc1csc(NC(=O)/C(=C/[C@H]2C[C@@H](F)[C@@H](F)C2)c2ccc(S(C)(=O)=O)cc2)n1. The number of alkyl halides is 2. The molecule has 2 aromatic rings. The van der Waals surface area contributed by atoms with Crippen molar-refractivity contribution < 1.29 is 22.0 Å². The molecule has 1 fully saturated rings. The monoisotopic (exact) mass is 426 g/mol. The topological polar surface area (TPSA) is 76.1 Å². The highest BCUT2D eigenvalue weighted by molar-refractivity contribution is 7.90. The minimum absolute atomic E-state index is 0.00965. The Bertz CT molecular complexity index is 990. The van der Waals surface area contributed by atoms with Gasteiger partial charge in [0.2, 0.25) is 0 Å². The van der Waals surface area contributed by atoms with E-state index < -0.39 is 34.0 Å². The minimum Gasteiger partial charge on any atom is -0.298 e. The predicted molar refractivity (Wildman–Crippen MR) is 106 cm³/mol. The molecule has 28 heavy (non-hydrogen) atoms. The van der Waals surface area contributed by atoms with Crippen LogP contribution in [0.2, 0.25) is 0 Å². The van der Waals surface area contributed by atoms with E-state index in [1.165, 1.54) is 35.6 Å². The number of halogens is 2. The van der Waals surface area contributed by atoms with Gasteiger partial charge in [-0.05, 0) is 43.4 Å². The molecule has 0 aliphatic heterocycles. The van der Waals surface area contributed by atoms with Crippen molar-refractivity contribution in [2.24, 2.45) is 5.92 Å². The molecule has 1 heterocycles. The molecule has 0 spiro atoms. The number of nitrogens with zero attached hydrogens (tertiary/aromatic N) is 1. The summed E-state index contributed by atoms with van der Waals surface area (Å²) in [5.41, 5.74) is 1.47. The second-order valence-corrected chi connectivity index (χ2v) is 9.76. The largest absolute Gasteiger partial charge is 0.298 e. The zero-order valence-electron chi connectivity index (χ0n) is 15.4. The number of hydrogen-bond donors (Lipinski definition) is 1. The molecule has 1 saturated carbocycles. The van der Waals surface area contributed by atoms with E-state index in [4.69, 9.17) is 0 Å². The highest BCUT2D eigenvalue weighted by Gasteiger charge is 2.34. The molecule has 0 bridgehead atoms. The van der Waals surface area contributed by atoms with Gasteiger partial charge >= 0.3 is 0 Å². The summed E-state index contributed by atoms with van der Waals surface area (Å²) >= 11 is 1.27. The van der Waals surface area contributed by atoms with E-state index in [1.54, 1.807) is 18.4 Å². The molecular formula is C19H20F2N2O3S2. The first kappa shape index (κ1) is 20.6. The van der Waals surface area contributed by atoms with Crippen LogP contribution < -0.4 is 5.32 Å². The molecule has 9 heteroatoms. The van der Waals surface area contributed by atoms with Crippen LogP contribution in [0.1, 0.15) is 24.1 Å². The minimum atomic E-state index is -3.38. The van der Waals surface area contributed by atoms with Gasteiger partial charge in [0.15, 0.2) is 15.0 Å². The van der Waals surface area contributed by atoms with Gasteiger partial charge in [0.05, 0.1) is 10.6 Å². The molecule has 1 aliphatic carbocycles. The Labute approximate surface area is 166 Å². The van der Waals surface area contributed by atoms with Crippen molar-refractivity contribution in [1.29, 1.82) is 0 Å². The highest BCUT2D eigenvalue weighted by atomic mass is 32.2. The maximum Gasteiger partial charge on any atom is 0.257 e. The number of sulfone groups is 1. The highest BCUT2D eigenvalue weighted by Crippen LogP contribution is 2.34. The van der Waals surface area contributed by atoms with E-state index in [2.05, 4.69) is 10.3 Å². The normalized spacial score (nSPS) is 23.0. The number of rotatable bonds is 5. The second kappa shape index (κ2) is 8.08. The number of aryl methyl sites for hydroxylation is 1. The Kier molecular flexibility index (Phi) is 5.95. The number of anilines is 1. The Morgan fingerprint density at radius 3 is 2.32 bits per heavy atom. The Morgan fingerprint density at radius 2 is 1.82 bits per heavy atom. The Balaban J connectivity index is 1.93. The van der Waals surface area contributed by atoms with Gasteiger partial charge in [-0.2, -0.15) is 0 Å². The molecule has 0 radical (unpaired) electrons. The molecule has 5 nitrogen and oxygen atoms in total. The molecule has 1 aromatic carbocycles. The number of amides is 1. The van der Waals surface area contributed by atoms with Crippen LogP contribution >= 0.6 is 11.3 Å². The van der Waals surface area contributed by atoms with Gasteiger partial charge in [-0.1, -0.05) is 18.2 Å². The second-order valence-electron chi connectivity index (χ2n) is 6.89. The zero-order valence-corrected chi connectivity index (χ0v) is 17.0. The number of carbonyl (C=O) groups excluding carboxylic acids is 1. The lowest BCUT2D eigenvalue weighted by Crippen LogP contribution is -2.15. The van der Waals surface area contributed by atoms with Crippen LogP contribution in [0.25, 0.3) is 5.57 Å². The lowest BCUT2D eigenvalue weighted by atomic mass is 9.98. The van der Waals surface area contributed by atoms with Gasteiger partial charge in [0, 0.05) is 17.2 Å². The maximum atomic E-state index is 13.6. The summed E-state index contributed by atoms with van der Waals surface area (Å²) in [5, 5.41) is 4.90. The van der Waals surface area contributed by atoms with Crippen LogP contribution in [-0.4, -0.2) is 37.9 Å². The number of allylic oxidation sites excluding steroid dienone is 1. The van der Waals surface area contributed by atoms with Crippen LogP contribution in [-0.2, 0) is 14.6 Å². The van der Waals surface area contributed by atoms with E-state index in [0.717, 1.165) is 11.9 Å². The van der Waals surface area contributed by atoms with Gasteiger partial charge in [0.1, 0.15) is 12.3 Å². The molecule has 1 aromatic heterocycles. The molecule has 3 rings (SSSR count). The lowest BCUT2D eigenvalue weighted by molar-refractivity contribution is -0.111. The van der Waals surface area contributed by atoms with Gasteiger partial charge in [-0.15, -0.1) is 11.3 Å². The molecule has 1 N–H and O–H groups in total. The molecule has 150 valence electrons. The van der Waals surface area contributed by atoms with E-state index in [1.807, 2.05) is 0 Å². The van der Waals surface area contributed by atoms with Gasteiger partial charge < -0.3 is 0 Å². The van der Waals surface area contributed by atoms with Crippen molar-refractivity contribution in [2.75, 3.05) is 11.6 Å². The molecular weight excluding hydrogens is 406 g/mol. The zero-order chi connectivity index (χ0) is 20.5. The molecule has 0 unspecified atom stereocenters. The quantitative estimate of drug-likeness (QED) is 0.734. The van der Waals surface area contributed by atoms with Crippen LogP contribution in [0, 0.1) is 12.8 Å². The molecule has 3 atom stereocenters. The van der Waals surface area contributed by atoms with Gasteiger partial charge in [-0.3, -0.25) is 10.1 Å². The predicted octanol–water partition coefficient (Wildman–Crippen LogP) is 3.96. The number of hydrogen-bond acceptors (Lipinski definition) is 5. The van der Waals surface area contributed by atoms with Crippen molar-refractivity contribution in [3.8, 4) is 0 Å². The van der Waals surface area contributed by atoms with E-state index in [0.29, 0.717) is 10.7 Å². The lowest BCUT2D eigenvalue weighted by Gasteiger charge is -2.11. The fourth-order valence-electron chi connectivity index (χ4n) is 3.10. The summed E-state index contributed by atoms with van der Waals surface area (Å²) in [6.07, 6.45) is -0.403. The molecule has 0 saturated heterocycles. The Morgan fingerprint density at radius 1 is 1.21 bits per heavy atom. The van der Waals surface area contributed by atoms with Crippen molar-refractivity contribution in [3.05, 3.63) is 47.0 Å². The average molecular weight is 427 g/mol. The van der Waals surface area contributed by atoms with Crippen molar-refractivity contribution in [2.45, 2.75) is 37.0 Å². The van der Waals surface area contributed by atoms with Gasteiger partial charge in [-0.25, -0.2) is 22.2 Å². The van der Waals surface area contributed by atoms with E-state index in [9.17, 15) is 22.0 Å². The van der Waals surface area contributed by atoms with E-state index in [-0.39, 0.29) is 23.3 Å². The van der Waals surface area contributed by atoms with Crippen LogP contribution in [0.5, 0.6) is 0 Å². The average Bonchev–Trinajstić information content (AvgIpc) is 3.17. The first-order valence-electron chi connectivity index (χ1n) is 8.67. The third-order valence-corrected chi connectivity index (χ3v) is 6.53. The fraction of sp³-hybridized carbons (Fsp3) is 0.368. The van der Waals surface area contributed by atoms with Crippen molar-refractivity contribution in [3.63, 3.8) is 0 Å². The standard InChI is InChI=1S/C19H20F2N2O3S2/c1-11-10-27-19(22-11)23-18(24)15(7-12-8-16(20)17(21)9-12)13-3-5-14(6-4-13)28(2,25)26/h3-7,10,12,16-17H,8-9H2,1-2H3,(H,22,23,24)/b15-7+/t12-,16+,17-. The van der Waals surface area contributed by atoms with Crippen LogP contribution in [0.15, 0.2) is 40.6 Å². The number of thiazole rings is 1. The third kappa shape index (κ3) is 4.82. The number of benzene rings is 1. The molecule has 1 amide bonds. The first-order chi connectivity index (χ1) is 13.1. The summed E-state index contributed by atoms with van der Waals surface area (Å²) in [5.74, 6) is -0.877. The fourth-order valence-corrected chi connectivity index (χ4v) is 4.42. The van der Waals surface area contributed by atoms with E-state index >= 15 is 0 Å². The smallest absolute Gasteiger partial charge is 0.257 e. The number of aromatic nitrogens is 1. The van der Waals surface area contributed by atoms with Crippen molar-refractivity contribution >= 4 is 37.8 Å². The number of carbonyl (C=O) groups is 1. The first-order valence-corrected chi connectivity index (χ1v) is 11.4. The summed E-state index contributed by atoms with van der Waals surface area (Å²) < 4.78 is 50.5. The molecule has 1 aliphatic rings. The van der Waals surface area contributed by atoms with Crippen LogP contribution in [0.4, 0.5) is 13.9 Å².